The average molecular weight is 375 g/mol. The lowest BCUT2D eigenvalue weighted by molar-refractivity contribution is -0.110. The van der Waals surface area contributed by atoms with Gasteiger partial charge in [0.2, 0.25) is 5.95 Å². The first-order chi connectivity index (χ1) is 13.4. The number of fused-ring (bicyclic) bond motifs is 1. The normalized spacial score (nSPS) is 14.2. The van der Waals surface area contributed by atoms with Crippen LogP contribution >= 0.6 is 0 Å². The summed E-state index contributed by atoms with van der Waals surface area (Å²) in [4.78, 5) is 35.2. The summed E-state index contributed by atoms with van der Waals surface area (Å²) in [6, 6.07) is 5.52. The summed E-state index contributed by atoms with van der Waals surface area (Å²) in [6.45, 7) is 3.41. The Kier molecular flexibility index (Phi) is 3.96. The van der Waals surface area contributed by atoms with Gasteiger partial charge in [0.05, 0.1) is 11.1 Å². The first-order valence-electron chi connectivity index (χ1n) is 8.53. The van der Waals surface area contributed by atoms with Crippen molar-refractivity contribution in [2.24, 2.45) is 0 Å². The Morgan fingerprint density at radius 3 is 2.57 bits per heavy atom. The molecule has 4 rings (SSSR count). The molecule has 0 bridgehead atoms. The lowest BCUT2D eigenvalue weighted by Gasteiger charge is -2.08. The highest BCUT2D eigenvalue weighted by Gasteiger charge is 2.28. The maximum Gasteiger partial charge on any atom is 0.337 e. The second kappa shape index (κ2) is 6.34. The van der Waals surface area contributed by atoms with Gasteiger partial charge in [-0.15, -0.1) is 0 Å². The van der Waals surface area contributed by atoms with Crippen molar-refractivity contribution in [3.8, 4) is 11.1 Å². The van der Waals surface area contributed by atoms with Crippen LogP contribution in [0.25, 0.3) is 22.8 Å². The monoisotopic (exact) mass is 375 g/mol. The molecule has 0 saturated heterocycles. The number of aryl methyl sites for hydroxylation is 1. The van der Waals surface area contributed by atoms with Gasteiger partial charge in [-0.1, -0.05) is 12.1 Å². The zero-order valence-corrected chi connectivity index (χ0v) is 15.2. The van der Waals surface area contributed by atoms with Gasteiger partial charge >= 0.3 is 5.97 Å². The summed E-state index contributed by atoms with van der Waals surface area (Å²) in [5, 5.41) is 12.3. The summed E-state index contributed by atoms with van der Waals surface area (Å²) in [6.07, 6.45) is 4.88. The number of anilines is 2. The SMILES string of the molecule is Cc1[nH]c(C=C2C(=O)Nc3cccc(-c4cnc(N)nc4)c32)c(C)c1C(=O)O. The van der Waals surface area contributed by atoms with Crippen molar-refractivity contribution in [1.29, 1.82) is 0 Å². The van der Waals surface area contributed by atoms with Crippen LogP contribution in [0.2, 0.25) is 0 Å². The van der Waals surface area contributed by atoms with Crippen molar-refractivity contribution >= 4 is 35.2 Å². The number of H-pyrrole nitrogens is 1. The lowest BCUT2D eigenvalue weighted by atomic mass is 9.95. The van der Waals surface area contributed by atoms with Gasteiger partial charge in [-0.05, 0) is 37.1 Å². The molecule has 1 aliphatic heterocycles. The minimum Gasteiger partial charge on any atom is -0.478 e. The number of amides is 1. The summed E-state index contributed by atoms with van der Waals surface area (Å²) in [7, 11) is 0. The molecule has 3 aromatic rings. The van der Waals surface area contributed by atoms with E-state index in [0.717, 1.165) is 11.1 Å². The Morgan fingerprint density at radius 1 is 1.21 bits per heavy atom. The molecule has 8 nitrogen and oxygen atoms in total. The van der Waals surface area contributed by atoms with Gasteiger partial charge in [-0.2, -0.15) is 0 Å². The van der Waals surface area contributed by atoms with Crippen LogP contribution in [-0.2, 0) is 4.79 Å². The minimum atomic E-state index is -1.01. The largest absolute Gasteiger partial charge is 0.478 e. The van der Waals surface area contributed by atoms with Crippen molar-refractivity contribution in [3.63, 3.8) is 0 Å². The lowest BCUT2D eigenvalue weighted by Crippen LogP contribution is -2.04. The van der Waals surface area contributed by atoms with Crippen molar-refractivity contribution in [2.75, 3.05) is 11.1 Å². The Balaban J connectivity index is 1.90. The van der Waals surface area contributed by atoms with Crippen LogP contribution in [0.1, 0.15) is 32.9 Å². The van der Waals surface area contributed by atoms with E-state index >= 15 is 0 Å². The van der Waals surface area contributed by atoms with Gasteiger partial charge in [0.1, 0.15) is 0 Å². The highest BCUT2D eigenvalue weighted by atomic mass is 16.4. The molecular weight excluding hydrogens is 358 g/mol. The molecule has 0 spiro atoms. The van der Waals surface area contributed by atoms with Crippen LogP contribution in [0.3, 0.4) is 0 Å². The van der Waals surface area contributed by atoms with Gasteiger partial charge in [-0.3, -0.25) is 4.79 Å². The molecule has 5 N–H and O–H groups in total. The number of carbonyl (C=O) groups excluding carboxylic acids is 1. The van der Waals surface area contributed by atoms with Crippen molar-refractivity contribution < 1.29 is 14.7 Å². The summed E-state index contributed by atoms with van der Waals surface area (Å²) < 4.78 is 0. The topological polar surface area (TPSA) is 134 Å². The number of hydrogen-bond donors (Lipinski definition) is 4. The molecule has 140 valence electrons. The maximum atomic E-state index is 12.6. The molecule has 2 aromatic heterocycles. The number of hydrogen-bond acceptors (Lipinski definition) is 5. The van der Waals surface area contributed by atoms with Crippen molar-refractivity contribution in [1.82, 2.24) is 15.0 Å². The van der Waals surface area contributed by atoms with Gasteiger partial charge < -0.3 is 21.1 Å². The number of carbonyl (C=O) groups is 2. The summed E-state index contributed by atoms with van der Waals surface area (Å²) in [5.74, 6) is -1.10. The molecule has 1 aromatic carbocycles. The fraction of sp³-hybridized carbons (Fsp3) is 0.100. The van der Waals surface area contributed by atoms with E-state index in [0.29, 0.717) is 33.8 Å². The van der Waals surface area contributed by atoms with Gasteiger partial charge in [-0.25, -0.2) is 14.8 Å². The molecular formula is C20H17N5O3. The first-order valence-corrected chi connectivity index (χ1v) is 8.53. The van der Waals surface area contributed by atoms with Crippen LogP contribution in [-0.4, -0.2) is 31.9 Å². The summed E-state index contributed by atoms with van der Waals surface area (Å²) in [5.41, 5.74) is 10.8. The molecule has 28 heavy (non-hydrogen) atoms. The smallest absolute Gasteiger partial charge is 0.337 e. The number of aromatic carboxylic acids is 1. The van der Waals surface area contributed by atoms with Crippen molar-refractivity contribution in [3.05, 3.63) is 58.7 Å². The number of rotatable bonds is 3. The van der Waals surface area contributed by atoms with Crippen LogP contribution in [0.5, 0.6) is 0 Å². The molecule has 1 aliphatic rings. The summed E-state index contributed by atoms with van der Waals surface area (Å²) >= 11 is 0. The van der Waals surface area contributed by atoms with E-state index in [1.807, 2.05) is 18.2 Å². The van der Waals surface area contributed by atoms with E-state index in [2.05, 4.69) is 20.3 Å². The van der Waals surface area contributed by atoms with E-state index < -0.39 is 5.97 Å². The number of carboxylic acid groups (broad SMARTS) is 1. The van der Waals surface area contributed by atoms with E-state index in [-0.39, 0.29) is 17.4 Å². The Morgan fingerprint density at radius 2 is 1.93 bits per heavy atom. The van der Waals surface area contributed by atoms with Crippen molar-refractivity contribution in [2.45, 2.75) is 13.8 Å². The Bertz CT molecular complexity index is 1160. The maximum absolute atomic E-state index is 12.6. The van der Waals surface area contributed by atoms with Crippen LogP contribution in [0, 0.1) is 13.8 Å². The molecule has 0 fully saturated rings. The molecule has 0 atom stereocenters. The third kappa shape index (κ3) is 2.71. The highest BCUT2D eigenvalue weighted by molar-refractivity contribution is 6.36. The zero-order chi connectivity index (χ0) is 20.0. The molecule has 1 amide bonds. The second-order valence-electron chi connectivity index (χ2n) is 6.54. The molecule has 3 heterocycles. The van der Waals surface area contributed by atoms with Gasteiger partial charge in [0.15, 0.2) is 0 Å². The fourth-order valence-electron chi connectivity index (χ4n) is 3.49. The number of nitrogens with two attached hydrogens (primary N) is 1. The third-order valence-electron chi connectivity index (χ3n) is 4.79. The zero-order valence-electron chi connectivity index (χ0n) is 15.2. The molecule has 0 radical (unpaired) electrons. The highest BCUT2D eigenvalue weighted by Crippen LogP contribution is 2.40. The quantitative estimate of drug-likeness (QED) is 0.520. The number of carboxylic acids is 1. The molecule has 8 heteroatoms. The number of nitrogens with zero attached hydrogens (tertiary/aromatic N) is 2. The Hall–Kier alpha value is -3.94. The van der Waals surface area contributed by atoms with E-state index in [4.69, 9.17) is 5.73 Å². The van der Waals surface area contributed by atoms with E-state index in [1.54, 1.807) is 32.3 Å². The standard InChI is InChI=1S/C20H17N5O3/c1-9-15(24-10(2)16(9)19(27)28)6-13-17-12(11-7-22-20(21)23-8-11)4-3-5-14(17)25-18(13)26/h3-8,24H,1-2H3,(H,25,26)(H,27,28)(H2,21,22,23). The molecule has 0 unspecified atom stereocenters. The van der Waals surface area contributed by atoms with E-state index in [9.17, 15) is 14.7 Å². The number of aromatic nitrogens is 3. The predicted octanol–water partition coefficient (Wildman–Crippen LogP) is 2.86. The number of nitrogen functional groups attached to an aromatic ring is 1. The van der Waals surface area contributed by atoms with Crippen LogP contribution < -0.4 is 11.1 Å². The fourth-order valence-corrected chi connectivity index (χ4v) is 3.49. The average Bonchev–Trinajstić information content (AvgIpc) is 3.11. The number of aromatic amines is 1. The third-order valence-corrected chi connectivity index (χ3v) is 4.79. The van der Waals surface area contributed by atoms with Gasteiger partial charge in [0, 0.05) is 40.6 Å². The second-order valence-corrected chi connectivity index (χ2v) is 6.54. The number of nitrogens with one attached hydrogen (secondary N) is 2. The van der Waals surface area contributed by atoms with Gasteiger partial charge in [0.25, 0.3) is 5.91 Å². The predicted molar refractivity (Wildman–Crippen MR) is 106 cm³/mol. The Labute approximate surface area is 160 Å². The van der Waals surface area contributed by atoms with E-state index in [1.165, 1.54) is 0 Å². The number of benzene rings is 1. The first kappa shape index (κ1) is 17.5. The van der Waals surface area contributed by atoms with Crippen LogP contribution in [0.4, 0.5) is 11.6 Å². The van der Waals surface area contributed by atoms with Crippen LogP contribution in [0.15, 0.2) is 30.6 Å². The molecule has 0 aliphatic carbocycles. The minimum absolute atomic E-state index is 0.167. The molecule has 0 saturated carbocycles.